The summed E-state index contributed by atoms with van der Waals surface area (Å²) in [6.07, 6.45) is -5.69. The summed E-state index contributed by atoms with van der Waals surface area (Å²) in [6, 6.07) is 1.61. The van der Waals surface area contributed by atoms with E-state index in [1.165, 1.54) is 6.92 Å². The number of alkyl halides is 3. The molecule has 20 heavy (non-hydrogen) atoms. The number of carbonyl (C=O) groups is 1. The van der Waals surface area contributed by atoms with Gasteiger partial charge < -0.3 is 10.4 Å². The highest BCUT2D eigenvalue weighted by Gasteiger charge is 2.33. The monoisotopic (exact) mass is 292 g/mol. The van der Waals surface area contributed by atoms with Crippen molar-refractivity contribution < 1.29 is 28.0 Å². The molecule has 1 aromatic carbocycles. The lowest BCUT2D eigenvalue weighted by atomic mass is 10.1. The largest absolute Gasteiger partial charge is 0.416 e. The van der Waals surface area contributed by atoms with Crippen molar-refractivity contribution in [2.24, 2.45) is 0 Å². The van der Waals surface area contributed by atoms with Crippen LogP contribution >= 0.6 is 0 Å². The van der Waals surface area contributed by atoms with Gasteiger partial charge >= 0.3 is 6.18 Å². The Labute approximate surface area is 111 Å². The first-order chi connectivity index (χ1) is 9.11. The molecule has 2 N–H and O–H groups in total. The summed E-state index contributed by atoms with van der Waals surface area (Å²) in [5.74, 6) is -0.930. The van der Waals surface area contributed by atoms with Crippen molar-refractivity contribution in [2.75, 3.05) is 6.54 Å². The smallest absolute Gasteiger partial charge is 0.392 e. The summed E-state index contributed by atoms with van der Waals surface area (Å²) in [5, 5.41) is 21.7. The molecule has 0 aliphatic rings. The molecular weight excluding hydrogens is 281 g/mol. The first-order valence-corrected chi connectivity index (χ1v) is 5.44. The molecule has 0 spiro atoms. The second-order valence-electron chi connectivity index (χ2n) is 4.08. The Kier molecular flexibility index (Phi) is 4.66. The zero-order valence-electron chi connectivity index (χ0n) is 10.3. The van der Waals surface area contributed by atoms with Crippen LogP contribution in [0.3, 0.4) is 0 Å². The maximum absolute atomic E-state index is 12.6. The predicted octanol–water partition coefficient (Wildman–Crippen LogP) is 1.72. The minimum Gasteiger partial charge on any atom is -0.392 e. The Morgan fingerprint density at radius 1 is 1.45 bits per heavy atom. The van der Waals surface area contributed by atoms with Crippen LogP contribution in [0.15, 0.2) is 18.2 Å². The van der Waals surface area contributed by atoms with Crippen molar-refractivity contribution in [1.29, 1.82) is 0 Å². The average molecular weight is 292 g/mol. The number of non-ortho nitro benzene ring substituents is 1. The highest BCUT2D eigenvalue weighted by Crippen LogP contribution is 2.32. The molecule has 0 fully saturated rings. The third-order valence-electron chi connectivity index (χ3n) is 2.28. The van der Waals surface area contributed by atoms with Gasteiger partial charge in [0.15, 0.2) is 0 Å². The second-order valence-corrected chi connectivity index (χ2v) is 4.08. The van der Waals surface area contributed by atoms with E-state index in [4.69, 9.17) is 5.11 Å². The molecule has 6 nitrogen and oxygen atoms in total. The number of nitro groups is 1. The van der Waals surface area contributed by atoms with Gasteiger partial charge in [0.2, 0.25) is 0 Å². The van der Waals surface area contributed by atoms with Crippen LogP contribution in [0.2, 0.25) is 0 Å². The number of hydrogen-bond acceptors (Lipinski definition) is 4. The van der Waals surface area contributed by atoms with Crippen LogP contribution in [0, 0.1) is 10.1 Å². The molecule has 0 aliphatic carbocycles. The normalized spacial score (nSPS) is 12.8. The van der Waals surface area contributed by atoms with Crippen molar-refractivity contribution >= 4 is 11.6 Å². The van der Waals surface area contributed by atoms with Gasteiger partial charge in [0.05, 0.1) is 16.6 Å². The van der Waals surface area contributed by atoms with E-state index in [1.807, 2.05) is 0 Å². The number of benzene rings is 1. The first-order valence-electron chi connectivity index (χ1n) is 5.44. The van der Waals surface area contributed by atoms with Gasteiger partial charge in [0.1, 0.15) is 0 Å². The molecule has 0 saturated heterocycles. The lowest BCUT2D eigenvalue weighted by molar-refractivity contribution is -0.385. The highest BCUT2D eigenvalue weighted by molar-refractivity contribution is 5.95. The maximum Gasteiger partial charge on any atom is 0.416 e. The fourth-order valence-electron chi connectivity index (χ4n) is 1.35. The van der Waals surface area contributed by atoms with Crippen molar-refractivity contribution in [3.05, 3.63) is 39.4 Å². The summed E-state index contributed by atoms with van der Waals surface area (Å²) in [5.41, 5.74) is -2.61. The average Bonchev–Trinajstić information content (AvgIpc) is 2.34. The molecule has 0 bridgehead atoms. The van der Waals surface area contributed by atoms with Gasteiger partial charge in [-0.2, -0.15) is 13.2 Å². The van der Waals surface area contributed by atoms with Crippen molar-refractivity contribution in [2.45, 2.75) is 19.2 Å². The van der Waals surface area contributed by atoms with Gasteiger partial charge in [-0.3, -0.25) is 14.9 Å². The SMILES string of the molecule is CC(O)CNC(=O)c1cc([N+](=O)[O-])cc(C(F)(F)F)c1. The van der Waals surface area contributed by atoms with Crippen LogP contribution in [0.5, 0.6) is 0 Å². The topological polar surface area (TPSA) is 92.5 Å². The Morgan fingerprint density at radius 2 is 2.05 bits per heavy atom. The van der Waals surface area contributed by atoms with Crippen LogP contribution in [0.25, 0.3) is 0 Å². The van der Waals surface area contributed by atoms with Gasteiger partial charge in [-0.1, -0.05) is 0 Å². The number of nitrogens with zero attached hydrogens (tertiary/aromatic N) is 1. The summed E-state index contributed by atoms with van der Waals surface area (Å²) < 4.78 is 37.8. The van der Waals surface area contributed by atoms with Gasteiger partial charge in [-0.15, -0.1) is 0 Å². The van der Waals surface area contributed by atoms with E-state index >= 15 is 0 Å². The Balaban J connectivity index is 3.16. The number of aliphatic hydroxyl groups excluding tert-OH is 1. The molecule has 0 heterocycles. The number of halogens is 3. The summed E-state index contributed by atoms with van der Waals surface area (Å²) >= 11 is 0. The minimum absolute atomic E-state index is 0.178. The lowest BCUT2D eigenvalue weighted by Gasteiger charge is -2.10. The summed E-state index contributed by atoms with van der Waals surface area (Å²) in [4.78, 5) is 21.2. The number of nitro benzene ring substituents is 1. The third kappa shape index (κ3) is 4.19. The zero-order chi connectivity index (χ0) is 15.5. The summed E-state index contributed by atoms with van der Waals surface area (Å²) in [7, 11) is 0. The van der Waals surface area contributed by atoms with Gasteiger partial charge in [-0.25, -0.2) is 0 Å². The zero-order valence-corrected chi connectivity index (χ0v) is 10.3. The van der Waals surface area contributed by atoms with E-state index < -0.39 is 39.9 Å². The molecule has 1 amide bonds. The first kappa shape index (κ1) is 15.9. The van der Waals surface area contributed by atoms with E-state index in [-0.39, 0.29) is 6.54 Å². The van der Waals surface area contributed by atoms with Crippen LogP contribution in [0.4, 0.5) is 18.9 Å². The number of rotatable bonds is 4. The fraction of sp³-hybridized carbons (Fsp3) is 0.364. The van der Waals surface area contributed by atoms with E-state index in [0.29, 0.717) is 12.1 Å². The molecule has 1 rings (SSSR count). The molecule has 0 aromatic heterocycles. The van der Waals surface area contributed by atoms with Crippen LogP contribution < -0.4 is 5.32 Å². The van der Waals surface area contributed by atoms with Crippen molar-refractivity contribution in [3.8, 4) is 0 Å². The third-order valence-corrected chi connectivity index (χ3v) is 2.28. The van der Waals surface area contributed by atoms with E-state index in [9.17, 15) is 28.1 Å². The standard InChI is InChI=1S/C11H11F3N2O4/c1-6(17)5-15-10(18)7-2-8(11(12,13)14)4-9(3-7)16(19)20/h2-4,6,17H,5H2,1H3,(H,15,18). The number of hydrogen-bond donors (Lipinski definition) is 2. The second kappa shape index (κ2) is 5.87. The Morgan fingerprint density at radius 3 is 2.50 bits per heavy atom. The van der Waals surface area contributed by atoms with Crippen molar-refractivity contribution in [3.63, 3.8) is 0 Å². The Hall–Kier alpha value is -2.16. The van der Waals surface area contributed by atoms with E-state index in [0.717, 1.165) is 6.07 Å². The van der Waals surface area contributed by atoms with Gasteiger partial charge in [-0.05, 0) is 13.0 Å². The van der Waals surface area contributed by atoms with E-state index in [1.54, 1.807) is 0 Å². The molecule has 0 saturated carbocycles. The van der Waals surface area contributed by atoms with Crippen molar-refractivity contribution in [1.82, 2.24) is 5.32 Å². The highest BCUT2D eigenvalue weighted by atomic mass is 19.4. The number of nitrogens with one attached hydrogen (secondary N) is 1. The van der Waals surface area contributed by atoms with Crippen LogP contribution in [0.1, 0.15) is 22.8 Å². The quantitative estimate of drug-likeness (QED) is 0.653. The van der Waals surface area contributed by atoms with Gasteiger partial charge in [0, 0.05) is 24.2 Å². The number of carbonyl (C=O) groups excluding carboxylic acids is 1. The number of amides is 1. The Bertz CT molecular complexity index is 529. The maximum atomic E-state index is 12.6. The fourth-order valence-corrected chi connectivity index (χ4v) is 1.35. The molecule has 1 unspecified atom stereocenters. The number of aliphatic hydroxyl groups is 1. The van der Waals surface area contributed by atoms with Crippen LogP contribution in [-0.2, 0) is 6.18 Å². The lowest BCUT2D eigenvalue weighted by Crippen LogP contribution is -2.30. The molecular formula is C11H11F3N2O4. The molecule has 1 atom stereocenters. The molecule has 0 aliphatic heterocycles. The van der Waals surface area contributed by atoms with Crippen LogP contribution in [-0.4, -0.2) is 28.6 Å². The molecule has 9 heteroatoms. The molecule has 0 radical (unpaired) electrons. The summed E-state index contributed by atoms with van der Waals surface area (Å²) in [6.45, 7) is 1.19. The van der Waals surface area contributed by atoms with E-state index in [2.05, 4.69) is 5.32 Å². The predicted molar refractivity (Wildman–Crippen MR) is 62.1 cm³/mol. The molecule has 110 valence electrons. The van der Waals surface area contributed by atoms with Gasteiger partial charge in [0.25, 0.3) is 11.6 Å². The molecule has 1 aromatic rings. The minimum atomic E-state index is -4.80.